The van der Waals surface area contributed by atoms with Crippen molar-refractivity contribution in [1.29, 1.82) is 0 Å². The van der Waals surface area contributed by atoms with Crippen LogP contribution in [0.15, 0.2) is 16.8 Å². The Morgan fingerprint density at radius 1 is 1.33 bits per heavy atom. The molecule has 24 heavy (non-hydrogen) atoms. The van der Waals surface area contributed by atoms with Crippen LogP contribution in [-0.4, -0.2) is 54.9 Å². The van der Waals surface area contributed by atoms with E-state index in [1.165, 1.54) is 5.56 Å². The SMILES string of the molecule is CC(C)N1C[C@@H](O)C[C@H]1c1nnc2n1CCN(Cc1ccsc1)C2. The predicted octanol–water partition coefficient (Wildman–Crippen LogP) is 1.87. The molecule has 1 saturated heterocycles. The highest BCUT2D eigenvalue weighted by Crippen LogP contribution is 2.33. The van der Waals surface area contributed by atoms with Gasteiger partial charge in [-0.2, -0.15) is 11.3 Å². The highest BCUT2D eigenvalue weighted by molar-refractivity contribution is 7.07. The highest BCUT2D eigenvalue weighted by Gasteiger charge is 2.37. The van der Waals surface area contributed by atoms with Crippen LogP contribution in [0.1, 0.15) is 43.5 Å². The summed E-state index contributed by atoms with van der Waals surface area (Å²) < 4.78 is 2.28. The molecule has 0 radical (unpaired) electrons. The minimum absolute atomic E-state index is 0.185. The molecule has 1 N–H and O–H groups in total. The number of aliphatic hydroxyl groups is 1. The average Bonchev–Trinajstić information content (AvgIpc) is 3.26. The molecule has 0 saturated carbocycles. The summed E-state index contributed by atoms with van der Waals surface area (Å²) in [5.41, 5.74) is 1.37. The Bertz CT molecular complexity index is 683. The fraction of sp³-hybridized carbons (Fsp3) is 0.647. The van der Waals surface area contributed by atoms with E-state index in [9.17, 15) is 5.11 Å². The second-order valence-corrected chi connectivity index (χ2v) is 7.94. The van der Waals surface area contributed by atoms with Crippen LogP contribution >= 0.6 is 11.3 Å². The van der Waals surface area contributed by atoms with Crippen LogP contribution in [0, 0.1) is 0 Å². The minimum atomic E-state index is -0.260. The normalized spacial score (nSPS) is 25.5. The van der Waals surface area contributed by atoms with Crippen molar-refractivity contribution in [2.45, 2.75) is 58.1 Å². The van der Waals surface area contributed by atoms with Gasteiger partial charge in [-0.05, 0) is 42.7 Å². The Morgan fingerprint density at radius 2 is 2.21 bits per heavy atom. The lowest BCUT2D eigenvalue weighted by atomic mass is 10.1. The van der Waals surface area contributed by atoms with Gasteiger partial charge in [0.2, 0.25) is 0 Å². The Kier molecular flexibility index (Phi) is 4.42. The largest absolute Gasteiger partial charge is 0.392 e. The van der Waals surface area contributed by atoms with E-state index in [-0.39, 0.29) is 12.1 Å². The lowest BCUT2D eigenvalue weighted by molar-refractivity contribution is 0.155. The molecule has 6 nitrogen and oxygen atoms in total. The molecular formula is C17H25N5OS. The van der Waals surface area contributed by atoms with Gasteiger partial charge in [0.15, 0.2) is 5.82 Å². The van der Waals surface area contributed by atoms with Crippen LogP contribution < -0.4 is 0 Å². The Labute approximate surface area is 146 Å². The smallest absolute Gasteiger partial charge is 0.150 e. The molecule has 2 aliphatic rings. The molecule has 4 rings (SSSR count). The standard InChI is InChI=1S/C17H25N5OS/c1-12(2)22-9-14(23)7-15(22)17-19-18-16-10-20(4-5-21(16)17)8-13-3-6-24-11-13/h3,6,11-12,14-15,23H,4-5,7-10H2,1-2H3/t14-,15-/m0/s1. The molecule has 2 aromatic heterocycles. The number of thiophene rings is 1. The topological polar surface area (TPSA) is 57.4 Å². The van der Waals surface area contributed by atoms with Crippen molar-refractivity contribution in [3.8, 4) is 0 Å². The van der Waals surface area contributed by atoms with Gasteiger partial charge in [0, 0.05) is 32.2 Å². The van der Waals surface area contributed by atoms with Crippen LogP contribution in [-0.2, 0) is 19.6 Å². The first-order valence-electron chi connectivity index (χ1n) is 8.71. The number of hydrogen-bond donors (Lipinski definition) is 1. The number of fused-ring (bicyclic) bond motifs is 1. The van der Waals surface area contributed by atoms with Crippen molar-refractivity contribution >= 4 is 11.3 Å². The predicted molar refractivity (Wildman–Crippen MR) is 93.7 cm³/mol. The van der Waals surface area contributed by atoms with Crippen molar-refractivity contribution in [3.05, 3.63) is 34.0 Å². The fourth-order valence-corrected chi connectivity index (χ4v) is 4.57. The summed E-state index contributed by atoms with van der Waals surface area (Å²) >= 11 is 1.75. The number of aromatic nitrogens is 3. The first kappa shape index (κ1) is 16.2. The van der Waals surface area contributed by atoms with Gasteiger partial charge in [0.1, 0.15) is 5.82 Å². The summed E-state index contributed by atoms with van der Waals surface area (Å²) in [6.07, 6.45) is 0.499. The molecule has 0 amide bonds. The van der Waals surface area contributed by atoms with Gasteiger partial charge < -0.3 is 9.67 Å². The van der Waals surface area contributed by atoms with Crippen LogP contribution in [0.4, 0.5) is 0 Å². The first-order valence-corrected chi connectivity index (χ1v) is 9.65. The van der Waals surface area contributed by atoms with Gasteiger partial charge in [0.25, 0.3) is 0 Å². The number of aliphatic hydroxyl groups excluding tert-OH is 1. The van der Waals surface area contributed by atoms with Crippen molar-refractivity contribution in [1.82, 2.24) is 24.6 Å². The maximum absolute atomic E-state index is 10.1. The Morgan fingerprint density at radius 3 is 2.96 bits per heavy atom. The zero-order valence-corrected chi connectivity index (χ0v) is 15.1. The zero-order valence-electron chi connectivity index (χ0n) is 14.3. The minimum Gasteiger partial charge on any atom is -0.392 e. The number of likely N-dealkylation sites (tertiary alicyclic amines) is 1. The van der Waals surface area contributed by atoms with E-state index in [0.717, 1.165) is 50.8 Å². The second kappa shape index (κ2) is 6.55. The quantitative estimate of drug-likeness (QED) is 0.915. The zero-order chi connectivity index (χ0) is 16.7. The third-order valence-corrected chi connectivity index (χ3v) is 5.86. The molecule has 130 valence electrons. The highest BCUT2D eigenvalue weighted by atomic mass is 32.1. The summed E-state index contributed by atoms with van der Waals surface area (Å²) in [4.78, 5) is 4.78. The van der Waals surface area contributed by atoms with Crippen molar-refractivity contribution in [2.24, 2.45) is 0 Å². The fourth-order valence-electron chi connectivity index (χ4n) is 3.92. The lowest BCUT2D eigenvalue weighted by Crippen LogP contribution is -2.36. The summed E-state index contributed by atoms with van der Waals surface area (Å²) in [5.74, 6) is 2.09. The molecule has 2 aliphatic heterocycles. The van der Waals surface area contributed by atoms with Crippen LogP contribution in [0.5, 0.6) is 0 Å². The van der Waals surface area contributed by atoms with E-state index in [1.807, 2.05) is 0 Å². The maximum atomic E-state index is 10.1. The summed E-state index contributed by atoms with van der Waals surface area (Å²) in [5, 5.41) is 23.4. The van der Waals surface area contributed by atoms with E-state index in [4.69, 9.17) is 0 Å². The van der Waals surface area contributed by atoms with E-state index in [2.05, 4.69) is 55.2 Å². The van der Waals surface area contributed by atoms with Crippen molar-refractivity contribution < 1.29 is 5.11 Å². The number of hydrogen-bond acceptors (Lipinski definition) is 6. The van der Waals surface area contributed by atoms with Crippen molar-refractivity contribution in [3.63, 3.8) is 0 Å². The molecule has 0 aromatic carbocycles. The maximum Gasteiger partial charge on any atom is 0.150 e. The van der Waals surface area contributed by atoms with Crippen molar-refractivity contribution in [2.75, 3.05) is 13.1 Å². The molecule has 0 spiro atoms. The monoisotopic (exact) mass is 347 g/mol. The van der Waals surface area contributed by atoms with Gasteiger partial charge in [-0.25, -0.2) is 0 Å². The van der Waals surface area contributed by atoms with Gasteiger partial charge in [-0.1, -0.05) is 0 Å². The molecule has 0 aliphatic carbocycles. The third-order valence-electron chi connectivity index (χ3n) is 5.13. The van der Waals surface area contributed by atoms with Gasteiger partial charge in [-0.15, -0.1) is 10.2 Å². The van der Waals surface area contributed by atoms with Crippen LogP contribution in [0.25, 0.3) is 0 Å². The molecular weight excluding hydrogens is 322 g/mol. The van der Waals surface area contributed by atoms with E-state index in [0.29, 0.717) is 6.04 Å². The number of rotatable bonds is 4. The Balaban J connectivity index is 1.52. The van der Waals surface area contributed by atoms with Crippen LogP contribution in [0.2, 0.25) is 0 Å². The molecule has 2 aromatic rings. The van der Waals surface area contributed by atoms with Gasteiger partial charge in [0.05, 0.1) is 18.7 Å². The lowest BCUT2D eigenvalue weighted by Gasteiger charge is -2.31. The van der Waals surface area contributed by atoms with E-state index >= 15 is 0 Å². The second-order valence-electron chi connectivity index (χ2n) is 7.16. The van der Waals surface area contributed by atoms with Gasteiger partial charge in [-0.3, -0.25) is 9.80 Å². The Hall–Kier alpha value is -1.28. The molecule has 4 heterocycles. The molecule has 0 unspecified atom stereocenters. The van der Waals surface area contributed by atoms with E-state index < -0.39 is 0 Å². The third kappa shape index (κ3) is 3.01. The molecule has 7 heteroatoms. The summed E-state index contributed by atoms with van der Waals surface area (Å²) in [7, 11) is 0. The van der Waals surface area contributed by atoms with Gasteiger partial charge >= 0.3 is 0 Å². The summed E-state index contributed by atoms with van der Waals surface area (Å²) in [6.45, 7) is 8.87. The molecule has 2 atom stereocenters. The summed E-state index contributed by atoms with van der Waals surface area (Å²) in [6, 6.07) is 2.78. The first-order chi connectivity index (χ1) is 11.6. The number of nitrogens with zero attached hydrogens (tertiary/aromatic N) is 5. The number of β-amino-alcohol motifs (C(OH)–C–C–N with tert-alkyl or cyclic N) is 1. The molecule has 1 fully saturated rings. The molecule has 0 bridgehead atoms. The van der Waals surface area contributed by atoms with E-state index in [1.54, 1.807) is 11.3 Å². The average molecular weight is 347 g/mol. The van der Waals surface area contributed by atoms with Crippen LogP contribution in [0.3, 0.4) is 0 Å².